The normalized spacial score (nSPS) is 16.1. The van der Waals surface area contributed by atoms with Gasteiger partial charge in [-0.3, -0.25) is 9.59 Å². The minimum Gasteiger partial charge on any atom is -0.354 e. The average Bonchev–Trinajstić information content (AvgIpc) is 2.44. The number of carbonyl (C=O) groups excluding carboxylic acids is 2. The molecule has 4 N–H and O–H groups in total. The molecule has 0 aromatic heterocycles. The molecule has 2 amide bonds. The molecule has 0 aliphatic heterocycles. The Morgan fingerprint density at radius 1 is 1.10 bits per heavy atom. The molecule has 0 bridgehead atoms. The molecule has 0 heterocycles. The molecule has 5 nitrogen and oxygen atoms in total. The molecule has 1 aromatic rings. The third-order valence-corrected chi connectivity index (χ3v) is 3.95. The van der Waals surface area contributed by atoms with Crippen molar-refractivity contribution in [2.75, 3.05) is 19.6 Å². The van der Waals surface area contributed by atoms with Crippen LogP contribution in [0.4, 0.5) is 0 Å². The lowest BCUT2D eigenvalue weighted by Gasteiger charge is -2.42. The van der Waals surface area contributed by atoms with E-state index in [0.717, 1.165) is 12.8 Å². The fraction of sp³-hybridized carbons (Fsp3) is 0.467. The van der Waals surface area contributed by atoms with Crippen LogP contribution in [0.2, 0.25) is 0 Å². The molecule has 20 heavy (non-hydrogen) atoms. The number of benzene rings is 1. The van der Waals surface area contributed by atoms with Gasteiger partial charge in [-0.15, -0.1) is 0 Å². The topological polar surface area (TPSA) is 84.2 Å². The number of amides is 2. The van der Waals surface area contributed by atoms with Crippen LogP contribution in [-0.2, 0) is 15.0 Å². The maximum atomic E-state index is 11.7. The molecule has 1 aromatic carbocycles. The summed E-state index contributed by atoms with van der Waals surface area (Å²) in [5.41, 5.74) is 6.50. The largest absolute Gasteiger partial charge is 0.354 e. The number of rotatable bonds is 6. The van der Waals surface area contributed by atoms with Crippen LogP contribution in [-0.4, -0.2) is 31.4 Å². The number of hydrogen-bond acceptors (Lipinski definition) is 3. The fourth-order valence-corrected chi connectivity index (χ4v) is 2.54. The molecule has 1 saturated carbocycles. The standard InChI is InChI=1S/C15H21N3O2/c16-9-13(19)17-10-14(20)18-11-15(7-4-8-15)12-5-2-1-3-6-12/h1-3,5-6H,4,7-11,16H2,(H,17,19)(H,18,20). The second kappa shape index (κ2) is 6.52. The quantitative estimate of drug-likeness (QED) is 0.698. The lowest BCUT2D eigenvalue weighted by Crippen LogP contribution is -2.48. The van der Waals surface area contributed by atoms with Crippen molar-refractivity contribution in [1.29, 1.82) is 0 Å². The monoisotopic (exact) mass is 275 g/mol. The van der Waals surface area contributed by atoms with Crippen molar-refractivity contribution < 1.29 is 9.59 Å². The summed E-state index contributed by atoms with van der Waals surface area (Å²) in [4.78, 5) is 22.7. The lowest BCUT2D eigenvalue weighted by molar-refractivity contribution is -0.125. The van der Waals surface area contributed by atoms with Gasteiger partial charge in [0.05, 0.1) is 13.1 Å². The number of hydrogen-bond donors (Lipinski definition) is 3. The molecule has 0 spiro atoms. The van der Waals surface area contributed by atoms with Crippen LogP contribution in [0.15, 0.2) is 30.3 Å². The lowest BCUT2D eigenvalue weighted by atomic mass is 9.64. The maximum absolute atomic E-state index is 11.7. The van der Waals surface area contributed by atoms with Crippen molar-refractivity contribution in [2.45, 2.75) is 24.7 Å². The summed E-state index contributed by atoms with van der Waals surface area (Å²) in [7, 11) is 0. The van der Waals surface area contributed by atoms with Gasteiger partial charge in [0.15, 0.2) is 0 Å². The van der Waals surface area contributed by atoms with Gasteiger partial charge in [0.2, 0.25) is 11.8 Å². The van der Waals surface area contributed by atoms with Gasteiger partial charge < -0.3 is 16.4 Å². The highest BCUT2D eigenvalue weighted by Crippen LogP contribution is 2.42. The van der Waals surface area contributed by atoms with Crippen LogP contribution >= 0.6 is 0 Å². The first-order chi connectivity index (χ1) is 9.66. The first-order valence-corrected chi connectivity index (χ1v) is 6.95. The zero-order valence-electron chi connectivity index (χ0n) is 11.5. The molecule has 1 aliphatic carbocycles. The van der Waals surface area contributed by atoms with Crippen LogP contribution in [0.3, 0.4) is 0 Å². The molecule has 1 aliphatic rings. The average molecular weight is 275 g/mol. The van der Waals surface area contributed by atoms with Crippen molar-refractivity contribution in [3.05, 3.63) is 35.9 Å². The summed E-state index contributed by atoms with van der Waals surface area (Å²) >= 11 is 0. The SMILES string of the molecule is NCC(=O)NCC(=O)NCC1(c2ccccc2)CCC1. The summed E-state index contributed by atoms with van der Waals surface area (Å²) < 4.78 is 0. The maximum Gasteiger partial charge on any atom is 0.239 e. The zero-order chi connectivity index (χ0) is 14.4. The Kier molecular flexibility index (Phi) is 4.74. The van der Waals surface area contributed by atoms with Crippen LogP contribution in [0, 0.1) is 0 Å². The third kappa shape index (κ3) is 3.36. The van der Waals surface area contributed by atoms with Crippen LogP contribution in [0.25, 0.3) is 0 Å². The molecule has 0 unspecified atom stereocenters. The van der Waals surface area contributed by atoms with Crippen molar-refractivity contribution in [2.24, 2.45) is 5.73 Å². The molecule has 0 saturated heterocycles. The molecule has 2 rings (SSSR count). The highest BCUT2D eigenvalue weighted by molar-refractivity contribution is 5.85. The predicted molar refractivity (Wildman–Crippen MR) is 77.0 cm³/mol. The Morgan fingerprint density at radius 2 is 1.80 bits per heavy atom. The van der Waals surface area contributed by atoms with Crippen LogP contribution in [0.1, 0.15) is 24.8 Å². The molecule has 0 radical (unpaired) electrons. The molecular weight excluding hydrogens is 254 g/mol. The van der Waals surface area contributed by atoms with Gasteiger partial charge in [-0.1, -0.05) is 36.8 Å². The van der Waals surface area contributed by atoms with Gasteiger partial charge in [-0.25, -0.2) is 0 Å². The van der Waals surface area contributed by atoms with E-state index < -0.39 is 0 Å². The van der Waals surface area contributed by atoms with Gasteiger partial charge in [-0.05, 0) is 18.4 Å². The molecule has 5 heteroatoms. The van der Waals surface area contributed by atoms with E-state index in [1.165, 1.54) is 12.0 Å². The highest BCUT2D eigenvalue weighted by Gasteiger charge is 2.38. The Labute approximate surface area is 118 Å². The predicted octanol–water partition coefficient (Wildman–Crippen LogP) is 0.299. The van der Waals surface area contributed by atoms with Crippen LogP contribution < -0.4 is 16.4 Å². The minimum atomic E-state index is -0.318. The first-order valence-electron chi connectivity index (χ1n) is 6.95. The van der Waals surface area contributed by atoms with E-state index >= 15 is 0 Å². The summed E-state index contributed by atoms with van der Waals surface area (Å²) in [6.45, 7) is 0.510. The number of carbonyl (C=O) groups is 2. The van der Waals surface area contributed by atoms with Crippen molar-refractivity contribution in [3.63, 3.8) is 0 Å². The first kappa shape index (κ1) is 14.5. The smallest absolute Gasteiger partial charge is 0.239 e. The highest BCUT2D eigenvalue weighted by atomic mass is 16.2. The van der Waals surface area contributed by atoms with Gasteiger partial charge in [0, 0.05) is 12.0 Å². The second-order valence-corrected chi connectivity index (χ2v) is 5.26. The van der Waals surface area contributed by atoms with Crippen molar-refractivity contribution in [3.8, 4) is 0 Å². The van der Waals surface area contributed by atoms with E-state index in [1.54, 1.807) is 0 Å². The Morgan fingerprint density at radius 3 is 2.35 bits per heavy atom. The van der Waals surface area contributed by atoms with Gasteiger partial charge in [-0.2, -0.15) is 0 Å². The molecule has 0 atom stereocenters. The molecular formula is C15H21N3O2. The summed E-state index contributed by atoms with van der Waals surface area (Å²) in [5.74, 6) is -0.490. The molecule has 1 fully saturated rings. The summed E-state index contributed by atoms with van der Waals surface area (Å²) in [6.07, 6.45) is 3.37. The van der Waals surface area contributed by atoms with Gasteiger partial charge >= 0.3 is 0 Å². The fourth-order valence-electron chi connectivity index (χ4n) is 2.54. The van der Waals surface area contributed by atoms with Gasteiger partial charge in [0.25, 0.3) is 0 Å². The van der Waals surface area contributed by atoms with Crippen molar-refractivity contribution in [1.82, 2.24) is 10.6 Å². The van der Waals surface area contributed by atoms with Crippen molar-refractivity contribution >= 4 is 11.8 Å². The zero-order valence-corrected chi connectivity index (χ0v) is 11.5. The number of nitrogens with one attached hydrogen (secondary N) is 2. The molecule has 108 valence electrons. The Hall–Kier alpha value is -1.88. The number of nitrogens with two attached hydrogens (primary N) is 1. The van der Waals surface area contributed by atoms with E-state index in [0.29, 0.717) is 6.54 Å². The Bertz CT molecular complexity index is 469. The van der Waals surface area contributed by atoms with E-state index in [4.69, 9.17) is 5.73 Å². The van der Waals surface area contributed by atoms with E-state index in [-0.39, 0.29) is 30.3 Å². The summed E-state index contributed by atoms with van der Waals surface area (Å²) in [6, 6.07) is 10.3. The van der Waals surface area contributed by atoms with E-state index in [2.05, 4.69) is 22.8 Å². The van der Waals surface area contributed by atoms with E-state index in [9.17, 15) is 9.59 Å². The second-order valence-electron chi connectivity index (χ2n) is 5.26. The van der Waals surface area contributed by atoms with Gasteiger partial charge in [0.1, 0.15) is 0 Å². The third-order valence-electron chi connectivity index (χ3n) is 3.95. The Balaban J connectivity index is 1.85. The minimum absolute atomic E-state index is 0.0130. The van der Waals surface area contributed by atoms with Crippen LogP contribution in [0.5, 0.6) is 0 Å². The van der Waals surface area contributed by atoms with E-state index in [1.807, 2.05) is 18.2 Å². The summed E-state index contributed by atoms with van der Waals surface area (Å²) in [5, 5.41) is 5.38.